The van der Waals surface area contributed by atoms with Gasteiger partial charge in [-0.15, -0.1) is 0 Å². The van der Waals surface area contributed by atoms with E-state index in [0.29, 0.717) is 5.75 Å². The third-order valence-electron chi connectivity index (χ3n) is 3.38. The van der Waals surface area contributed by atoms with Crippen LogP contribution in [-0.4, -0.2) is 31.6 Å². The molecule has 0 aliphatic carbocycles. The fourth-order valence-electron chi connectivity index (χ4n) is 2.04. The lowest BCUT2D eigenvalue weighted by Gasteiger charge is -2.25. The van der Waals surface area contributed by atoms with Crippen LogP contribution < -0.4 is 10.1 Å². The van der Waals surface area contributed by atoms with Gasteiger partial charge in [0.25, 0.3) is 0 Å². The van der Waals surface area contributed by atoms with E-state index in [1.807, 2.05) is 25.1 Å². The van der Waals surface area contributed by atoms with Crippen molar-refractivity contribution in [2.45, 2.75) is 39.2 Å². The third kappa shape index (κ3) is 3.97. The maximum atomic E-state index is 12.4. The molecule has 0 radical (unpaired) electrons. The Bertz CT molecular complexity index is 537. The molecule has 1 rings (SSSR count). The van der Waals surface area contributed by atoms with Gasteiger partial charge >= 0.3 is 5.97 Å². The Morgan fingerprint density at radius 2 is 1.86 bits per heavy atom. The lowest BCUT2D eigenvalue weighted by Crippen LogP contribution is -2.51. The quantitative estimate of drug-likeness (QED) is 0.845. The fourth-order valence-corrected chi connectivity index (χ4v) is 2.04. The van der Waals surface area contributed by atoms with E-state index in [1.54, 1.807) is 27.9 Å². The zero-order chi connectivity index (χ0) is 16.2. The second-order valence-electron chi connectivity index (χ2n) is 5.57. The van der Waals surface area contributed by atoms with Crippen molar-refractivity contribution < 1.29 is 19.1 Å². The Hall–Kier alpha value is -2.04. The highest BCUT2D eigenvalue weighted by molar-refractivity contribution is 5.90. The standard InChI is InChI=1S/C16H23NO4/c1-10-7-8-12(13(9-10)20-5)11(2)14(18)17-16(3,4)15(19)21-6/h7-9,11H,1-6H3,(H,17,18). The first-order chi connectivity index (χ1) is 9.72. The summed E-state index contributed by atoms with van der Waals surface area (Å²) in [7, 11) is 2.87. The first kappa shape index (κ1) is 17.0. The van der Waals surface area contributed by atoms with Crippen LogP contribution in [0.2, 0.25) is 0 Å². The van der Waals surface area contributed by atoms with Crippen molar-refractivity contribution in [3.63, 3.8) is 0 Å². The molecule has 0 aliphatic heterocycles. The minimum Gasteiger partial charge on any atom is -0.496 e. The van der Waals surface area contributed by atoms with Crippen LogP contribution in [0.4, 0.5) is 0 Å². The number of nitrogens with one attached hydrogen (secondary N) is 1. The Labute approximate surface area is 125 Å². The predicted molar refractivity (Wildman–Crippen MR) is 80.4 cm³/mol. The molecule has 0 aliphatic rings. The lowest BCUT2D eigenvalue weighted by molar-refractivity contribution is -0.149. The molecule has 0 heterocycles. The summed E-state index contributed by atoms with van der Waals surface area (Å²) in [5, 5.41) is 2.70. The van der Waals surface area contributed by atoms with Crippen LogP contribution in [0.5, 0.6) is 5.75 Å². The number of aryl methyl sites for hydroxylation is 1. The van der Waals surface area contributed by atoms with Crippen molar-refractivity contribution in [2.75, 3.05) is 14.2 Å². The molecule has 0 saturated heterocycles. The minimum absolute atomic E-state index is 0.257. The predicted octanol–water partition coefficient (Wildman–Crippen LogP) is 2.17. The summed E-state index contributed by atoms with van der Waals surface area (Å²) in [6.45, 7) is 6.94. The van der Waals surface area contributed by atoms with Crippen LogP contribution in [0.25, 0.3) is 0 Å². The van der Waals surface area contributed by atoms with Crippen LogP contribution in [0, 0.1) is 6.92 Å². The van der Waals surface area contributed by atoms with Crippen molar-refractivity contribution >= 4 is 11.9 Å². The van der Waals surface area contributed by atoms with E-state index < -0.39 is 17.4 Å². The summed E-state index contributed by atoms with van der Waals surface area (Å²) in [6.07, 6.45) is 0. The van der Waals surface area contributed by atoms with E-state index >= 15 is 0 Å². The molecule has 5 nitrogen and oxygen atoms in total. The van der Waals surface area contributed by atoms with Gasteiger partial charge in [-0.05, 0) is 39.3 Å². The van der Waals surface area contributed by atoms with Crippen LogP contribution in [0.3, 0.4) is 0 Å². The smallest absolute Gasteiger partial charge is 0.330 e. The van der Waals surface area contributed by atoms with Gasteiger partial charge in [0.1, 0.15) is 11.3 Å². The van der Waals surface area contributed by atoms with E-state index in [2.05, 4.69) is 10.1 Å². The van der Waals surface area contributed by atoms with Gasteiger partial charge in [-0.2, -0.15) is 0 Å². The summed E-state index contributed by atoms with van der Waals surface area (Å²) < 4.78 is 10.0. The molecule has 1 aromatic rings. The van der Waals surface area contributed by atoms with Crippen molar-refractivity contribution in [1.29, 1.82) is 0 Å². The molecule has 1 atom stereocenters. The second-order valence-corrected chi connectivity index (χ2v) is 5.57. The summed E-state index contributed by atoms with van der Waals surface area (Å²) in [4.78, 5) is 24.0. The van der Waals surface area contributed by atoms with Crippen LogP contribution in [-0.2, 0) is 14.3 Å². The van der Waals surface area contributed by atoms with E-state index in [0.717, 1.165) is 11.1 Å². The third-order valence-corrected chi connectivity index (χ3v) is 3.38. The number of benzene rings is 1. The summed E-state index contributed by atoms with van der Waals surface area (Å²) >= 11 is 0. The van der Waals surface area contributed by atoms with Crippen LogP contribution >= 0.6 is 0 Å². The van der Waals surface area contributed by atoms with Gasteiger partial charge in [-0.25, -0.2) is 4.79 Å². The molecule has 1 aromatic carbocycles. The largest absolute Gasteiger partial charge is 0.496 e. The molecule has 0 saturated carbocycles. The van der Waals surface area contributed by atoms with Crippen LogP contribution in [0.15, 0.2) is 18.2 Å². The number of hydrogen-bond acceptors (Lipinski definition) is 4. The summed E-state index contributed by atoms with van der Waals surface area (Å²) in [5.74, 6) is -0.524. The van der Waals surface area contributed by atoms with Gasteiger partial charge in [0.2, 0.25) is 5.91 Å². The molecule has 0 spiro atoms. The van der Waals surface area contributed by atoms with Crippen molar-refractivity contribution in [1.82, 2.24) is 5.32 Å². The number of rotatable bonds is 5. The number of amides is 1. The minimum atomic E-state index is -1.07. The van der Waals surface area contributed by atoms with Crippen molar-refractivity contribution in [2.24, 2.45) is 0 Å². The Kier molecular flexibility index (Phi) is 5.35. The molecule has 0 bridgehead atoms. The van der Waals surface area contributed by atoms with Gasteiger partial charge in [-0.1, -0.05) is 12.1 Å². The number of carbonyl (C=O) groups excluding carboxylic acids is 2. The zero-order valence-corrected chi connectivity index (χ0v) is 13.4. The number of carbonyl (C=O) groups is 2. The van der Waals surface area contributed by atoms with E-state index in [9.17, 15) is 9.59 Å². The van der Waals surface area contributed by atoms with E-state index in [1.165, 1.54) is 7.11 Å². The Balaban J connectivity index is 2.96. The van der Waals surface area contributed by atoms with Gasteiger partial charge in [-0.3, -0.25) is 4.79 Å². The second kappa shape index (κ2) is 6.61. The maximum Gasteiger partial charge on any atom is 0.330 e. The van der Waals surface area contributed by atoms with Crippen LogP contribution in [0.1, 0.15) is 37.8 Å². The van der Waals surface area contributed by atoms with Gasteiger partial charge < -0.3 is 14.8 Å². The van der Waals surface area contributed by atoms with Crippen molar-refractivity contribution in [3.05, 3.63) is 29.3 Å². The normalized spacial score (nSPS) is 12.5. The monoisotopic (exact) mass is 293 g/mol. The zero-order valence-electron chi connectivity index (χ0n) is 13.4. The van der Waals surface area contributed by atoms with Gasteiger partial charge in [0, 0.05) is 5.56 Å². The lowest BCUT2D eigenvalue weighted by atomic mass is 9.96. The molecule has 5 heteroatoms. The molecule has 0 aromatic heterocycles. The van der Waals surface area contributed by atoms with Gasteiger partial charge in [0.05, 0.1) is 20.1 Å². The number of methoxy groups -OCH3 is 2. The molecular formula is C16H23NO4. The van der Waals surface area contributed by atoms with E-state index in [-0.39, 0.29) is 5.91 Å². The number of ether oxygens (including phenoxy) is 2. The topological polar surface area (TPSA) is 64.6 Å². The molecular weight excluding hydrogens is 270 g/mol. The Morgan fingerprint density at radius 1 is 1.24 bits per heavy atom. The molecule has 1 unspecified atom stereocenters. The first-order valence-corrected chi connectivity index (χ1v) is 6.78. The molecule has 116 valence electrons. The molecule has 1 N–H and O–H groups in total. The average molecular weight is 293 g/mol. The molecule has 0 fully saturated rings. The maximum absolute atomic E-state index is 12.4. The Morgan fingerprint density at radius 3 is 2.38 bits per heavy atom. The highest BCUT2D eigenvalue weighted by Crippen LogP contribution is 2.28. The van der Waals surface area contributed by atoms with Crippen molar-refractivity contribution in [3.8, 4) is 5.75 Å². The summed E-state index contributed by atoms with van der Waals surface area (Å²) in [5.41, 5.74) is 0.761. The highest BCUT2D eigenvalue weighted by atomic mass is 16.5. The van der Waals surface area contributed by atoms with Gasteiger partial charge in [0.15, 0.2) is 0 Å². The average Bonchev–Trinajstić information content (AvgIpc) is 2.44. The molecule has 1 amide bonds. The SMILES string of the molecule is COC(=O)C(C)(C)NC(=O)C(C)c1ccc(C)cc1OC. The fraction of sp³-hybridized carbons (Fsp3) is 0.500. The highest BCUT2D eigenvalue weighted by Gasteiger charge is 2.32. The number of hydrogen-bond donors (Lipinski definition) is 1. The summed E-state index contributed by atoms with van der Waals surface area (Å²) in [6, 6.07) is 5.67. The number of esters is 1. The van der Waals surface area contributed by atoms with E-state index in [4.69, 9.17) is 4.74 Å². The molecule has 21 heavy (non-hydrogen) atoms. The first-order valence-electron chi connectivity index (χ1n) is 6.78.